The predicted molar refractivity (Wildman–Crippen MR) is 78.7 cm³/mol. The average Bonchev–Trinajstić information content (AvgIpc) is 2.39. The van der Waals surface area contributed by atoms with E-state index in [0.29, 0.717) is 11.8 Å². The highest BCUT2D eigenvalue weighted by molar-refractivity contribution is 6.19. The second-order valence-corrected chi connectivity index (χ2v) is 4.23. The molecule has 0 N–H and O–H groups in total. The number of halogens is 2. The van der Waals surface area contributed by atoms with E-state index in [1.165, 1.54) is 5.56 Å². The molecular weight excluding hydrogens is 251 g/mol. The van der Waals surface area contributed by atoms with E-state index in [1.54, 1.807) is 0 Å². The van der Waals surface area contributed by atoms with Crippen LogP contribution in [-0.4, -0.2) is 5.88 Å². The van der Waals surface area contributed by atoms with Crippen LogP contribution >= 0.6 is 23.2 Å². The summed E-state index contributed by atoms with van der Waals surface area (Å²) in [5.41, 5.74) is 4.35. The summed E-state index contributed by atoms with van der Waals surface area (Å²) in [5, 5.41) is 0. The van der Waals surface area contributed by atoms with Gasteiger partial charge in [-0.2, -0.15) is 0 Å². The largest absolute Gasteiger partial charge is 0.122 e. The summed E-state index contributed by atoms with van der Waals surface area (Å²) in [7, 11) is 0. The van der Waals surface area contributed by atoms with E-state index in [-0.39, 0.29) is 0 Å². The Labute approximate surface area is 113 Å². The number of benzene rings is 1. The minimum Gasteiger partial charge on any atom is -0.122 e. The van der Waals surface area contributed by atoms with Gasteiger partial charge in [0.2, 0.25) is 0 Å². The number of hydrogen-bond acceptors (Lipinski definition) is 0. The molecule has 90 valence electrons. The van der Waals surface area contributed by atoms with Crippen molar-refractivity contribution < 1.29 is 0 Å². The first-order chi connectivity index (χ1) is 8.21. The van der Waals surface area contributed by atoms with Gasteiger partial charge < -0.3 is 0 Å². The molecule has 1 rings (SSSR count). The zero-order valence-electron chi connectivity index (χ0n) is 9.92. The Bertz CT molecular complexity index is 425. The Morgan fingerprint density at radius 3 is 2.29 bits per heavy atom. The van der Waals surface area contributed by atoms with E-state index >= 15 is 0 Å². The molecule has 0 radical (unpaired) electrons. The highest BCUT2D eigenvalue weighted by atomic mass is 35.5. The van der Waals surface area contributed by atoms with E-state index in [1.807, 2.05) is 31.2 Å². The van der Waals surface area contributed by atoms with Crippen molar-refractivity contribution in [2.24, 2.45) is 0 Å². The molecule has 0 fully saturated rings. The number of alkyl halides is 2. The SMILES string of the molecule is C=C(/C=C\C(=C/C)c1ccc(CCl)cc1)CCl. The lowest BCUT2D eigenvalue weighted by Crippen LogP contribution is -1.84. The first-order valence-corrected chi connectivity index (χ1v) is 6.51. The maximum Gasteiger partial charge on any atom is 0.0474 e. The second-order valence-electron chi connectivity index (χ2n) is 3.70. The van der Waals surface area contributed by atoms with Crippen LogP contribution in [0.1, 0.15) is 18.1 Å². The van der Waals surface area contributed by atoms with E-state index in [0.717, 1.165) is 16.7 Å². The normalized spacial score (nSPS) is 12.1. The third-order valence-electron chi connectivity index (χ3n) is 2.42. The molecule has 0 aliphatic rings. The van der Waals surface area contributed by atoms with Crippen molar-refractivity contribution in [1.82, 2.24) is 0 Å². The van der Waals surface area contributed by atoms with Gasteiger partial charge in [0.1, 0.15) is 0 Å². The van der Waals surface area contributed by atoms with Crippen molar-refractivity contribution in [3.05, 3.63) is 65.8 Å². The molecule has 0 saturated heterocycles. The monoisotopic (exact) mass is 266 g/mol. The van der Waals surface area contributed by atoms with Crippen LogP contribution in [-0.2, 0) is 5.88 Å². The van der Waals surface area contributed by atoms with Crippen LogP contribution in [0.15, 0.2) is 54.6 Å². The van der Waals surface area contributed by atoms with Gasteiger partial charge in [0.25, 0.3) is 0 Å². The summed E-state index contributed by atoms with van der Waals surface area (Å²) in [6, 6.07) is 8.22. The zero-order valence-corrected chi connectivity index (χ0v) is 11.4. The first kappa shape index (κ1) is 14.1. The van der Waals surface area contributed by atoms with Crippen LogP contribution < -0.4 is 0 Å². The van der Waals surface area contributed by atoms with Crippen LogP contribution in [0.2, 0.25) is 0 Å². The van der Waals surface area contributed by atoms with Crippen LogP contribution in [0, 0.1) is 0 Å². The van der Waals surface area contributed by atoms with Crippen molar-refractivity contribution >= 4 is 28.8 Å². The maximum atomic E-state index is 5.76. The van der Waals surface area contributed by atoms with Gasteiger partial charge in [-0.05, 0) is 29.2 Å². The Hall–Kier alpha value is -0.980. The van der Waals surface area contributed by atoms with Crippen molar-refractivity contribution in [2.75, 3.05) is 5.88 Å². The molecule has 2 heteroatoms. The summed E-state index contributed by atoms with van der Waals surface area (Å²) in [4.78, 5) is 0. The highest BCUT2D eigenvalue weighted by Gasteiger charge is 1.97. The predicted octanol–water partition coefficient (Wildman–Crippen LogP) is 5.18. The maximum absolute atomic E-state index is 5.76. The topological polar surface area (TPSA) is 0 Å². The molecule has 0 aliphatic carbocycles. The molecule has 0 nitrogen and oxygen atoms in total. The van der Waals surface area contributed by atoms with Gasteiger partial charge in [-0.25, -0.2) is 0 Å². The molecule has 0 aliphatic heterocycles. The van der Waals surface area contributed by atoms with E-state index in [9.17, 15) is 0 Å². The van der Waals surface area contributed by atoms with Crippen LogP contribution in [0.25, 0.3) is 5.57 Å². The van der Waals surface area contributed by atoms with Crippen LogP contribution in [0.4, 0.5) is 0 Å². The van der Waals surface area contributed by atoms with Gasteiger partial charge in [0.15, 0.2) is 0 Å². The third-order valence-corrected chi connectivity index (χ3v) is 3.07. The molecule has 0 saturated carbocycles. The van der Waals surface area contributed by atoms with E-state index in [4.69, 9.17) is 23.2 Å². The van der Waals surface area contributed by atoms with Crippen LogP contribution in [0.3, 0.4) is 0 Å². The number of rotatable bonds is 5. The summed E-state index contributed by atoms with van der Waals surface area (Å²) in [5.74, 6) is 1.00. The third kappa shape index (κ3) is 4.41. The van der Waals surface area contributed by atoms with Gasteiger partial charge in [-0.3, -0.25) is 0 Å². The fourth-order valence-electron chi connectivity index (χ4n) is 1.40. The summed E-state index contributed by atoms with van der Waals surface area (Å²) in [6.07, 6.45) is 6.03. The molecule has 17 heavy (non-hydrogen) atoms. The summed E-state index contributed by atoms with van der Waals surface area (Å²) >= 11 is 11.4. The van der Waals surface area contributed by atoms with Gasteiger partial charge in [0.05, 0.1) is 0 Å². The Morgan fingerprint density at radius 1 is 1.18 bits per heavy atom. The standard InChI is InChI=1S/C15H16Cl2/c1-3-14(7-4-12(2)10-16)15-8-5-13(11-17)6-9-15/h3-9H,2,10-11H2,1H3/b7-4-,14-3+. The Kier molecular flexibility index (Phi) is 6.10. The van der Waals surface area contributed by atoms with Crippen molar-refractivity contribution in [1.29, 1.82) is 0 Å². The number of allylic oxidation sites excluding steroid dienone is 5. The molecule has 1 aromatic carbocycles. The average molecular weight is 267 g/mol. The Balaban J connectivity index is 2.87. The molecule has 0 aromatic heterocycles. The fraction of sp³-hybridized carbons (Fsp3) is 0.200. The quantitative estimate of drug-likeness (QED) is 0.509. The van der Waals surface area contributed by atoms with Gasteiger partial charge in [-0.15, -0.1) is 23.2 Å². The number of hydrogen-bond donors (Lipinski definition) is 0. The van der Waals surface area contributed by atoms with Gasteiger partial charge >= 0.3 is 0 Å². The highest BCUT2D eigenvalue weighted by Crippen LogP contribution is 2.18. The van der Waals surface area contributed by atoms with Gasteiger partial charge in [-0.1, -0.05) is 49.1 Å². The molecule has 0 amide bonds. The lowest BCUT2D eigenvalue weighted by molar-refractivity contribution is 1.39. The second kappa shape index (κ2) is 7.37. The zero-order chi connectivity index (χ0) is 12.7. The minimum atomic E-state index is 0.457. The van der Waals surface area contributed by atoms with Crippen molar-refractivity contribution in [3.63, 3.8) is 0 Å². The van der Waals surface area contributed by atoms with Crippen LogP contribution in [0.5, 0.6) is 0 Å². The summed E-state index contributed by atoms with van der Waals surface area (Å²) < 4.78 is 0. The minimum absolute atomic E-state index is 0.457. The van der Waals surface area contributed by atoms with E-state index < -0.39 is 0 Å². The Morgan fingerprint density at radius 2 is 1.82 bits per heavy atom. The summed E-state index contributed by atoms with van der Waals surface area (Å²) in [6.45, 7) is 5.85. The lowest BCUT2D eigenvalue weighted by atomic mass is 10.0. The molecular formula is C15H16Cl2. The van der Waals surface area contributed by atoms with Gasteiger partial charge in [0, 0.05) is 11.8 Å². The lowest BCUT2D eigenvalue weighted by Gasteiger charge is -2.03. The molecule has 0 unspecified atom stereocenters. The molecule has 0 atom stereocenters. The first-order valence-electron chi connectivity index (χ1n) is 5.44. The smallest absolute Gasteiger partial charge is 0.0474 e. The van der Waals surface area contributed by atoms with Crippen molar-refractivity contribution in [2.45, 2.75) is 12.8 Å². The molecule has 1 aromatic rings. The molecule has 0 bridgehead atoms. The van der Waals surface area contributed by atoms with Crippen molar-refractivity contribution in [3.8, 4) is 0 Å². The molecule has 0 spiro atoms. The molecule has 0 heterocycles. The van der Waals surface area contributed by atoms with E-state index in [2.05, 4.69) is 24.8 Å². The fourth-order valence-corrected chi connectivity index (χ4v) is 1.66.